The van der Waals surface area contributed by atoms with Gasteiger partial charge in [-0.05, 0) is 42.7 Å². The zero-order chi connectivity index (χ0) is 23.0. The Labute approximate surface area is 187 Å². The smallest absolute Gasteiger partial charge is 0.309 e. The van der Waals surface area contributed by atoms with Gasteiger partial charge in [-0.15, -0.1) is 0 Å². The fourth-order valence-corrected chi connectivity index (χ4v) is 4.81. The number of hydrogen-bond acceptors (Lipinski definition) is 6. The van der Waals surface area contributed by atoms with Gasteiger partial charge in [-0.3, -0.25) is 9.59 Å². The van der Waals surface area contributed by atoms with E-state index in [4.69, 9.17) is 9.47 Å². The number of ether oxygens (including phenoxy) is 2. The molecule has 2 amide bonds. The van der Waals surface area contributed by atoms with Gasteiger partial charge >= 0.3 is 11.8 Å². The van der Waals surface area contributed by atoms with E-state index in [-0.39, 0.29) is 24.6 Å². The lowest BCUT2D eigenvalue weighted by Crippen LogP contribution is -2.47. The number of benzene rings is 2. The lowest BCUT2D eigenvalue weighted by molar-refractivity contribution is -0.139. The van der Waals surface area contributed by atoms with Gasteiger partial charge in [-0.1, -0.05) is 30.3 Å². The van der Waals surface area contributed by atoms with Crippen LogP contribution < -0.4 is 15.4 Å². The zero-order valence-corrected chi connectivity index (χ0v) is 18.6. The van der Waals surface area contributed by atoms with E-state index in [9.17, 15) is 18.0 Å². The molecule has 1 heterocycles. The van der Waals surface area contributed by atoms with Crippen LogP contribution in [0.5, 0.6) is 5.75 Å². The Bertz CT molecular complexity index is 1010. The van der Waals surface area contributed by atoms with Crippen molar-refractivity contribution >= 4 is 21.8 Å². The van der Waals surface area contributed by atoms with Crippen LogP contribution in [-0.4, -0.2) is 64.1 Å². The molecular weight excluding hydrogens is 434 g/mol. The summed E-state index contributed by atoms with van der Waals surface area (Å²) in [6.07, 6.45) is 0.594. The van der Waals surface area contributed by atoms with Crippen molar-refractivity contribution in [1.82, 2.24) is 14.9 Å². The van der Waals surface area contributed by atoms with Gasteiger partial charge in [-0.25, -0.2) is 8.42 Å². The second kappa shape index (κ2) is 11.1. The van der Waals surface area contributed by atoms with Crippen molar-refractivity contribution in [3.63, 3.8) is 0 Å². The molecule has 0 saturated carbocycles. The molecule has 2 aromatic carbocycles. The number of amides is 2. The molecule has 32 heavy (non-hydrogen) atoms. The average molecular weight is 462 g/mol. The Kier molecular flexibility index (Phi) is 8.20. The number of aryl methyl sites for hydroxylation is 1. The van der Waals surface area contributed by atoms with Crippen molar-refractivity contribution in [1.29, 1.82) is 0 Å². The molecule has 0 spiro atoms. The Hall–Kier alpha value is -2.95. The van der Waals surface area contributed by atoms with Crippen molar-refractivity contribution in [2.75, 3.05) is 33.4 Å². The molecule has 1 fully saturated rings. The van der Waals surface area contributed by atoms with Gasteiger partial charge in [0.05, 0.1) is 25.2 Å². The van der Waals surface area contributed by atoms with E-state index in [0.29, 0.717) is 18.7 Å². The molecule has 1 atom stereocenters. The largest absolute Gasteiger partial charge is 0.497 e. The van der Waals surface area contributed by atoms with Crippen LogP contribution in [0.3, 0.4) is 0 Å². The second-order valence-electron chi connectivity index (χ2n) is 7.17. The maximum absolute atomic E-state index is 12.9. The third kappa shape index (κ3) is 6.06. The first-order valence-electron chi connectivity index (χ1n) is 10.3. The molecule has 10 heteroatoms. The molecule has 0 bridgehead atoms. The van der Waals surface area contributed by atoms with E-state index in [1.54, 1.807) is 12.1 Å². The summed E-state index contributed by atoms with van der Waals surface area (Å²) in [5.74, 6) is -1.05. The fourth-order valence-electron chi connectivity index (χ4n) is 3.30. The van der Waals surface area contributed by atoms with Crippen molar-refractivity contribution < 1.29 is 27.5 Å². The summed E-state index contributed by atoms with van der Waals surface area (Å²) < 4.78 is 37.6. The van der Waals surface area contributed by atoms with Crippen molar-refractivity contribution in [2.24, 2.45) is 0 Å². The molecule has 1 saturated heterocycles. The number of carbonyl (C=O) groups is 2. The van der Waals surface area contributed by atoms with Crippen LogP contribution in [0.1, 0.15) is 12.0 Å². The van der Waals surface area contributed by atoms with Gasteiger partial charge < -0.3 is 20.1 Å². The summed E-state index contributed by atoms with van der Waals surface area (Å²) in [6.45, 7) is 0.576. The summed E-state index contributed by atoms with van der Waals surface area (Å²) >= 11 is 0. The van der Waals surface area contributed by atoms with Crippen molar-refractivity contribution in [3.05, 3.63) is 60.2 Å². The van der Waals surface area contributed by atoms with Gasteiger partial charge in [0.1, 0.15) is 12.0 Å². The summed E-state index contributed by atoms with van der Waals surface area (Å²) in [5, 5.41) is 5.02. The van der Waals surface area contributed by atoms with Crippen molar-refractivity contribution in [3.8, 4) is 5.75 Å². The highest BCUT2D eigenvalue weighted by Crippen LogP contribution is 2.23. The van der Waals surface area contributed by atoms with Gasteiger partial charge in [0, 0.05) is 13.1 Å². The third-order valence-corrected chi connectivity index (χ3v) is 6.93. The van der Waals surface area contributed by atoms with E-state index >= 15 is 0 Å². The van der Waals surface area contributed by atoms with Gasteiger partial charge in [-0.2, -0.15) is 4.31 Å². The monoisotopic (exact) mass is 461 g/mol. The standard InChI is InChI=1S/C22H27N3O6S/c1-30-18-9-11-19(12-10-18)32(28,29)25-14-15-31-20(25)16-24-22(27)21(26)23-13-5-8-17-6-3-2-4-7-17/h2-4,6-7,9-12,20H,5,8,13-16H2,1H3,(H,23,26)(H,24,27)/t20-/m1/s1. The van der Waals surface area contributed by atoms with Crippen molar-refractivity contribution in [2.45, 2.75) is 24.0 Å². The van der Waals surface area contributed by atoms with Crippen LogP contribution in [0.2, 0.25) is 0 Å². The zero-order valence-electron chi connectivity index (χ0n) is 17.8. The number of sulfonamides is 1. The summed E-state index contributed by atoms with van der Waals surface area (Å²) in [6, 6.07) is 15.9. The van der Waals surface area contributed by atoms with Crippen LogP contribution in [0.25, 0.3) is 0 Å². The minimum absolute atomic E-state index is 0.0938. The number of nitrogens with zero attached hydrogens (tertiary/aromatic N) is 1. The molecule has 9 nitrogen and oxygen atoms in total. The minimum atomic E-state index is -3.82. The molecule has 1 aliphatic rings. The number of nitrogens with one attached hydrogen (secondary N) is 2. The molecule has 0 aliphatic carbocycles. The summed E-state index contributed by atoms with van der Waals surface area (Å²) in [7, 11) is -2.33. The van der Waals surface area contributed by atoms with Crippen LogP contribution in [-0.2, 0) is 30.8 Å². The normalized spacial score (nSPS) is 16.5. The van der Waals surface area contributed by atoms with E-state index in [2.05, 4.69) is 10.6 Å². The lowest BCUT2D eigenvalue weighted by atomic mass is 10.1. The molecule has 0 unspecified atom stereocenters. The Morgan fingerprint density at radius 2 is 1.75 bits per heavy atom. The Morgan fingerprint density at radius 3 is 2.44 bits per heavy atom. The highest BCUT2D eigenvalue weighted by molar-refractivity contribution is 7.89. The van der Waals surface area contributed by atoms with E-state index < -0.39 is 28.1 Å². The highest BCUT2D eigenvalue weighted by atomic mass is 32.2. The summed E-state index contributed by atoms with van der Waals surface area (Å²) in [5.41, 5.74) is 1.16. The highest BCUT2D eigenvalue weighted by Gasteiger charge is 2.36. The molecule has 1 aliphatic heterocycles. The number of rotatable bonds is 9. The van der Waals surface area contributed by atoms with Crippen LogP contribution in [0.15, 0.2) is 59.5 Å². The first kappa shape index (κ1) is 23.7. The average Bonchev–Trinajstić information content (AvgIpc) is 3.30. The summed E-state index contributed by atoms with van der Waals surface area (Å²) in [4.78, 5) is 24.2. The van der Waals surface area contributed by atoms with Crippen LogP contribution >= 0.6 is 0 Å². The predicted octanol–water partition coefficient (Wildman–Crippen LogP) is 0.907. The van der Waals surface area contributed by atoms with Gasteiger partial charge in [0.15, 0.2) is 0 Å². The molecule has 172 valence electrons. The number of methoxy groups -OCH3 is 1. The number of hydrogen-bond donors (Lipinski definition) is 2. The SMILES string of the molecule is COc1ccc(S(=O)(=O)N2CCO[C@@H]2CNC(=O)C(=O)NCCCc2ccccc2)cc1. The Morgan fingerprint density at radius 1 is 1.06 bits per heavy atom. The third-order valence-electron chi connectivity index (χ3n) is 5.02. The van der Waals surface area contributed by atoms with E-state index in [1.165, 1.54) is 23.5 Å². The maximum atomic E-state index is 12.9. The molecule has 2 N–H and O–H groups in total. The minimum Gasteiger partial charge on any atom is -0.497 e. The first-order chi connectivity index (χ1) is 15.4. The lowest BCUT2D eigenvalue weighted by Gasteiger charge is -2.23. The maximum Gasteiger partial charge on any atom is 0.309 e. The molecule has 0 aromatic heterocycles. The van der Waals surface area contributed by atoms with Crippen LogP contribution in [0.4, 0.5) is 0 Å². The molecule has 0 radical (unpaired) electrons. The van der Waals surface area contributed by atoms with Gasteiger partial charge in [0.25, 0.3) is 0 Å². The fraction of sp³-hybridized carbons (Fsp3) is 0.364. The molecular formula is C22H27N3O6S. The Balaban J connectivity index is 1.47. The first-order valence-corrected chi connectivity index (χ1v) is 11.7. The van der Waals surface area contributed by atoms with Gasteiger partial charge in [0.2, 0.25) is 10.0 Å². The topological polar surface area (TPSA) is 114 Å². The second-order valence-corrected chi connectivity index (χ2v) is 9.06. The van der Waals surface area contributed by atoms with Crippen LogP contribution in [0, 0.1) is 0 Å². The molecule has 2 aromatic rings. The number of carbonyl (C=O) groups excluding carboxylic acids is 2. The van der Waals surface area contributed by atoms with E-state index in [0.717, 1.165) is 12.0 Å². The predicted molar refractivity (Wildman–Crippen MR) is 117 cm³/mol. The molecule has 3 rings (SSSR count). The van der Waals surface area contributed by atoms with E-state index in [1.807, 2.05) is 30.3 Å². The quantitative estimate of drug-likeness (QED) is 0.424.